The van der Waals surface area contributed by atoms with Crippen molar-refractivity contribution in [3.05, 3.63) is 20.9 Å². The Hall–Kier alpha value is -0.300. The van der Waals surface area contributed by atoms with Crippen LogP contribution >= 0.6 is 38.6 Å². The predicted molar refractivity (Wildman–Crippen MR) is 68.3 cm³/mol. The van der Waals surface area contributed by atoms with Crippen molar-refractivity contribution < 1.29 is 0 Å². The van der Waals surface area contributed by atoms with E-state index < -0.39 is 0 Å². The van der Waals surface area contributed by atoms with Crippen LogP contribution in [0.2, 0.25) is 0 Å². The molecule has 0 bridgehead atoms. The average Bonchev–Trinajstić information content (AvgIpc) is 2.83. The first-order valence-corrected chi connectivity index (χ1v) is 7.01. The Bertz CT molecular complexity index is 438. The molecule has 2 aromatic heterocycles. The van der Waals surface area contributed by atoms with Crippen LogP contribution in [-0.4, -0.2) is 16.7 Å². The lowest BCUT2D eigenvalue weighted by atomic mass is 10.5. The quantitative estimate of drug-likeness (QED) is 0.943. The predicted octanol–water partition coefficient (Wildman–Crippen LogP) is 3.14. The third-order valence-corrected chi connectivity index (χ3v) is 4.49. The lowest BCUT2D eigenvalue weighted by Crippen LogP contribution is -2.11. The summed E-state index contributed by atoms with van der Waals surface area (Å²) in [6.45, 7) is 3.85. The van der Waals surface area contributed by atoms with Crippen molar-refractivity contribution in [2.45, 2.75) is 13.5 Å². The fraction of sp³-hybridized carbons (Fsp3) is 0.333. The fourth-order valence-corrected chi connectivity index (χ4v) is 3.33. The second kappa shape index (κ2) is 5.16. The number of rotatable bonds is 4. The molecule has 15 heavy (non-hydrogen) atoms. The molecule has 0 radical (unpaired) electrons. The maximum Gasteiger partial charge on any atom is 0.157 e. The van der Waals surface area contributed by atoms with Gasteiger partial charge in [0.05, 0.1) is 8.66 Å². The Kier molecular flexibility index (Phi) is 3.85. The Labute approximate surface area is 105 Å². The molecule has 2 aromatic rings. The summed E-state index contributed by atoms with van der Waals surface area (Å²) >= 11 is 6.77. The van der Waals surface area contributed by atoms with Crippen LogP contribution < -0.4 is 5.32 Å². The van der Waals surface area contributed by atoms with Crippen LogP contribution in [0.4, 0.5) is 0 Å². The second-order valence-electron chi connectivity index (χ2n) is 2.89. The van der Waals surface area contributed by atoms with E-state index in [0.717, 1.165) is 26.9 Å². The lowest BCUT2D eigenvalue weighted by molar-refractivity contribution is 0.715. The molecule has 0 aliphatic heterocycles. The van der Waals surface area contributed by atoms with Gasteiger partial charge < -0.3 is 5.32 Å². The molecule has 1 N–H and O–H groups in total. The molecule has 2 heterocycles. The molecule has 0 amide bonds. The van der Waals surface area contributed by atoms with E-state index in [-0.39, 0.29) is 0 Å². The maximum atomic E-state index is 4.17. The second-order valence-corrected chi connectivity index (χ2v) is 6.41. The number of thiophene rings is 1. The largest absolute Gasteiger partial charge is 0.311 e. The first kappa shape index (κ1) is 11.2. The van der Waals surface area contributed by atoms with E-state index in [2.05, 4.69) is 44.4 Å². The number of nitrogens with zero attached hydrogens (tertiary/aromatic N) is 2. The van der Waals surface area contributed by atoms with Gasteiger partial charge in [0, 0.05) is 6.54 Å². The highest BCUT2D eigenvalue weighted by atomic mass is 79.9. The van der Waals surface area contributed by atoms with Gasteiger partial charge in [0.1, 0.15) is 5.01 Å². The molecule has 0 spiro atoms. The van der Waals surface area contributed by atoms with Crippen molar-refractivity contribution in [1.82, 2.24) is 15.5 Å². The number of aromatic nitrogens is 2. The topological polar surface area (TPSA) is 37.8 Å². The Morgan fingerprint density at radius 2 is 2.20 bits per heavy atom. The van der Waals surface area contributed by atoms with Gasteiger partial charge in [0.2, 0.25) is 0 Å². The SMILES string of the molecule is CCNCc1nnc(-c2ccc(Br)s2)s1. The molecule has 0 unspecified atom stereocenters. The monoisotopic (exact) mass is 303 g/mol. The zero-order valence-corrected chi connectivity index (χ0v) is 11.4. The average molecular weight is 304 g/mol. The summed E-state index contributed by atoms with van der Waals surface area (Å²) < 4.78 is 1.13. The van der Waals surface area contributed by atoms with Crippen molar-refractivity contribution in [3.8, 4) is 9.88 Å². The van der Waals surface area contributed by atoms with Gasteiger partial charge >= 0.3 is 0 Å². The van der Waals surface area contributed by atoms with Crippen LogP contribution in [0.1, 0.15) is 11.9 Å². The molecule has 0 aliphatic carbocycles. The molecule has 80 valence electrons. The minimum absolute atomic E-state index is 0.806. The number of nitrogens with one attached hydrogen (secondary N) is 1. The van der Waals surface area contributed by atoms with Gasteiger partial charge in [-0.15, -0.1) is 21.5 Å². The highest BCUT2D eigenvalue weighted by Gasteiger charge is 2.08. The van der Waals surface area contributed by atoms with Gasteiger partial charge in [0.15, 0.2) is 5.01 Å². The van der Waals surface area contributed by atoms with Crippen molar-refractivity contribution in [3.63, 3.8) is 0 Å². The van der Waals surface area contributed by atoms with Crippen molar-refractivity contribution in [2.24, 2.45) is 0 Å². The first-order chi connectivity index (χ1) is 7.29. The normalized spacial score (nSPS) is 10.8. The number of hydrogen-bond donors (Lipinski definition) is 1. The summed E-state index contributed by atoms with van der Waals surface area (Å²) in [4.78, 5) is 1.17. The molecule has 0 atom stereocenters. The van der Waals surface area contributed by atoms with E-state index in [1.165, 1.54) is 4.88 Å². The standard InChI is InChI=1S/C9H10BrN3S2/c1-2-11-5-8-12-13-9(15-8)6-3-4-7(10)14-6/h3-4,11H,2,5H2,1H3. The zero-order valence-electron chi connectivity index (χ0n) is 8.16. The maximum absolute atomic E-state index is 4.17. The van der Waals surface area contributed by atoms with E-state index >= 15 is 0 Å². The fourth-order valence-electron chi connectivity index (χ4n) is 1.09. The molecule has 0 aromatic carbocycles. The van der Waals surface area contributed by atoms with Crippen molar-refractivity contribution in [2.75, 3.05) is 6.54 Å². The van der Waals surface area contributed by atoms with Gasteiger partial charge in [-0.1, -0.05) is 18.3 Å². The third kappa shape index (κ3) is 2.84. The first-order valence-electron chi connectivity index (χ1n) is 4.58. The molecule has 6 heteroatoms. The summed E-state index contributed by atoms with van der Waals surface area (Å²) in [5.74, 6) is 0. The van der Waals surface area contributed by atoms with Gasteiger partial charge in [-0.05, 0) is 34.6 Å². The lowest BCUT2D eigenvalue weighted by Gasteiger charge is -1.93. The highest BCUT2D eigenvalue weighted by molar-refractivity contribution is 9.11. The number of halogens is 1. The summed E-state index contributed by atoms with van der Waals surface area (Å²) in [6.07, 6.45) is 0. The van der Waals surface area contributed by atoms with Gasteiger partial charge in [-0.25, -0.2) is 0 Å². The Morgan fingerprint density at radius 3 is 2.87 bits per heavy atom. The molecule has 0 saturated heterocycles. The van der Waals surface area contributed by atoms with E-state index in [9.17, 15) is 0 Å². The minimum atomic E-state index is 0.806. The van der Waals surface area contributed by atoms with E-state index in [1.54, 1.807) is 22.7 Å². The van der Waals surface area contributed by atoms with Crippen LogP contribution in [-0.2, 0) is 6.54 Å². The van der Waals surface area contributed by atoms with Crippen LogP contribution in [0.3, 0.4) is 0 Å². The summed E-state index contributed by atoms with van der Waals surface area (Å²) in [5, 5.41) is 13.6. The van der Waals surface area contributed by atoms with Crippen LogP contribution in [0.25, 0.3) is 9.88 Å². The van der Waals surface area contributed by atoms with Crippen molar-refractivity contribution >= 4 is 38.6 Å². The van der Waals surface area contributed by atoms with Gasteiger partial charge in [-0.2, -0.15) is 0 Å². The Balaban J connectivity index is 2.13. The summed E-state index contributed by atoms with van der Waals surface area (Å²) in [7, 11) is 0. The molecule has 0 aliphatic rings. The van der Waals surface area contributed by atoms with E-state index in [1.807, 2.05) is 6.07 Å². The van der Waals surface area contributed by atoms with Crippen LogP contribution in [0.15, 0.2) is 15.9 Å². The minimum Gasteiger partial charge on any atom is -0.311 e. The molecule has 0 fully saturated rings. The molecular weight excluding hydrogens is 294 g/mol. The third-order valence-electron chi connectivity index (χ3n) is 1.78. The van der Waals surface area contributed by atoms with Crippen LogP contribution in [0.5, 0.6) is 0 Å². The molecular formula is C9H10BrN3S2. The number of hydrogen-bond acceptors (Lipinski definition) is 5. The van der Waals surface area contributed by atoms with E-state index in [0.29, 0.717) is 0 Å². The van der Waals surface area contributed by atoms with Crippen LogP contribution in [0, 0.1) is 0 Å². The van der Waals surface area contributed by atoms with E-state index in [4.69, 9.17) is 0 Å². The molecule has 2 rings (SSSR count). The molecule has 3 nitrogen and oxygen atoms in total. The van der Waals surface area contributed by atoms with Gasteiger partial charge in [0.25, 0.3) is 0 Å². The summed E-state index contributed by atoms with van der Waals surface area (Å²) in [5.41, 5.74) is 0. The molecule has 0 saturated carbocycles. The van der Waals surface area contributed by atoms with Gasteiger partial charge in [-0.3, -0.25) is 0 Å². The zero-order chi connectivity index (χ0) is 10.7. The Morgan fingerprint density at radius 1 is 1.33 bits per heavy atom. The highest BCUT2D eigenvalue weighted by Crippen LogP contribution is 2.32. The smallest absolute Gasteiger partial charge is 0.157 e. The summed E-state index contributed by atoms with van der Waals surface area (Å²) in [6, 6.07) is 4.09. The van der Waals surface area contributed by atoms with Crippen molar-refractivity contribution in [1.29, 1.82) is 0 Å².